The summed E-state index contributed by atoms with van der Waals surface area (Å²) in [7, 11) is 0. The van der Waals surface area contributed by atoms with Gasteiger partial charge in [-0.15, -0.1) is 17.8 Å². The molecule has 0 bridgehead atoms. The number of nitrogens with one attached hydrogen (secondary N) is 2. The van der Waals surface area contributed by atoms with E-state index in [0.29, 0.717) is 28.8 Å². The van der Waals surface area contributed by atoms with E-state index in [0.717, 1.165) is 5.56 Å². The Morgan fingerprint density at radius 2 is 2.00 bits per heavy atom. The summed E-state index contributed by atoms with van der Waals surface area (Å²) < 4.78 is 0. The van der Waals surface area contributed by atoms with Crippen LogP contribution < -0.4 is 10.6 Å². The van der Waals surface area contributed by atoms with Crippen LogP contribution in [0.1, 0.15) is 38.4 Å². The molecule has 0 aliphatic carbocycles. The minimum absolute atomic E-state index is 0.362. The minimum Gasteiger partial charge on any atom is -0.390 e. The lowest BCUT2D eigenvalue weighted by molar-refractivity contribution is 0.0721. The Balaban J connectivity index is 2.07. The second kappa shape index (κ2) is 8.09. The number of terminal acetylenes is 1. The predicted molar refractivity (Wildman–Crippen MR) is 107 cm³/mol. The van der Waals surface area contributed by atoms with Gasteiger partial charge in [0.2, 0.25) is 0 Å². The smallest absolute Gasteiger partial charge is 0.321 e. The van der Waals surface area contributed by atoms with Gasteiger partial charge in [0.15, 0.2) is 5.13 Å². The quantitative estimate of drug-likeness (QED) is 0.651. The third kappa shape index (κ3) is 5.21. The van der Waals surface area contributed by atoms with Crippen molar-refractivity contribution in [2.75, 3.05) is 11.9 Å². The molecule has 7 heteroatoms. The Kier molecular flexibility index (Phi) is 6.30. The van der Waals surface area contributed by atoms with Crippen molar-refractivity contribution in [2.45, 2.75) is 38.2 Å². The third-order valence-electron chi connectivity index (χ3n) is 3.97. The number of thiazole rings is 1. The number of urea groups is 1. The number of aromatic nitrogens is 1. The first-order valence-corrected chi connectivity index (χ1v) is 9.37. The van der Waals surface area contributed by atoms with Crippen LogP contribution in [0.5, 0.6) is 0 Å². The first-order valence-electron chi connectivity index (χ1n) is 8.11. The zero-order valence-electron chi connectivity index (χ0n) is 15.0. The molecule has 1 aromatic carbocycles. The number of halogens is 1. The number of aliphatic hydroxyl groups is 1. The monoisotopic (exact) mass is 391 g/mol. The van der Waals surface area contributed by atoms with Crippen LogP contribution in [0.25, 0.3) is 0 Å². The Bertz CT molecular complexity index is 805. The van der Waals surface area contributed by atoms with Crippen molar-refractivity contribution in [3.05, 3.63) is 45.9 Å². The summed E-state index contributed by atoms with van der Waals surface area (Å²) in [6, 6.07) is 6.95. The highest BCUT2D eigenvalue weighted by Gasteiger charge is 2.29. The second-order valence-corrected chi connectivity index (χ2v) is 8.05. The summed E-state index contributed by atoms with van der Waals surface area (Å²) in [5, 5.41) is 18.0. The average molecular weight is 392 g/mol. The van der Waals surface area contributed by atoms with E-state index >= 15 is 0 Å². The van der Waals surface area contributed by atoms with E-state index in [-0.39, 0.29) is 6.03 Å². The summed E-state index contributed by atoms with van der Waals surface area (Å²) >= 11 is 7.25. The Labute approximate surface area is 162 Å². The molecule has 0 aliphatic rings. The van der Waals surface area contributed by atoms with Crippen molar-refractivity contribution in [1.29, 1.82) is 0 Å². The fourth-order valence-electron chi connectivity index (χ4n) is 2.27. The van der Waals surface area contributed by atoms with Gasteiger partial charge in [-0.2, -0.15) is 0 Å². The molecule has 0 aliphatic heterocycles. The van der Waals surface area contributed by atoms with Gasteiger partial charge >= 0.3 is 6.03 Å². The number of anilines is 1. The van der Waals surface area contributed by atoms with Crippen molar-refractivity contribution in [2.24, 2.45) is 0 Å². The van der Waals surface area contributed by atoms with Gasteiger partial charge in [-0.25, -0.2) is 9.78 Å². The number of nitrogens with zero attached hydrogens (tertiary/aromatic N) is 1. The van der Waals surface area contributed by atoms with Gasteiger partial charge in [0, 0.05) is 16.9 Å². The van der Waals surface area contributed by atoms with Gasteiger partial charge < -0.3 is 10.4 Å². The van der Waals surface area contributed by atoms with Crippen molar-refractivity contribution < 1.29 is 9.90 Å². The molecule has 0 fully saturated rings. The number of carbonyl (C=O) groups excluding carboxylic acids is 1. The summed E-state index contributed by atoms with van der Waals surface area (Å²) in [6.45, 7) is 5.65. The molecule has 0 saturated heterocycles. The van der Waals surface area contributed by atoms with Crippen molar-refractivity contribution in [1.82, 2.24) is 10.3 Å². The number of hydrogen-bond acceptors (Lipinski definition) is 4. The average Bonchev–Trinajstić information content (AvgIpc) is 3.02. The lowest BCUT2D eigenvalue weighted by Gasteiger charge is -2.22. The van der Waals surface area contributed by atoms with Crippen LogP contribution in [0.3, 0.4) is 0 Å². The van der Waals surface area contributed by atoms with E-state index < -0.39 is 11.0 Å². The van der Waals surface area contributed by atoms with Crippen molar-refractivity contribution in [3.8, 4) is 12.3 Å². The van der Waals surface area contributed by atoms with E-state index in [1.54, 1.807) is 26.0 Å². The van der Waals surface area contributed by atoms with Crippen LogP contribution in [0.15, 0.2) is 29.6 Å². The standard InChI is InChI=1S/C19H22ClN3O2S/c1-5-19(4,13-6-8-14(20)9-7-13)15-12-26-17(22-15)23-16(24)21-11-10-18(2,3)25/h1,6-9,12,25H,10-11H2,2-4H3,(H2,21,22,23,24). The topological polar surface area (TPSA) is 74.2 Å². The van der Waals surface area contributed by atoms with Gasteiger partial charge in [0.1, 0.15) is 0 Å². The van der Waals surface area contributed by atoms with Crippen LogP contribution >= 0.6 is 22.9 Å². The molecule has 0 spiro atoms. The van der Waals surface area contributed by atoms with E-state index in [2.05, 4.69) is 21.5 Å². The fourth-order valence-corrected chi connectivity index (χ4v) is 3.21. The molecule has 0 saturated carbocycles. The molecule has 0 radical (unpaired) electrons. The van der Waals surface area contributed by atoms with E-state index in [4.69, 9.17) is 18.0 Å². The molecule has 1 unspecified atom stereocenters. The molecule has 26 heavy (non-hydrogen) atoms. The molecule has 2 amide bonds. The number of benzene rings is 1. The highest BCUT2D eigenvalue weighted by molar-refractivity contribution is 7.14. The fraction of sp³-hybridized carbons (Fsp3) is 0.368. The normalized spacial score (nSPS) is 13.5. The second-order valence-electron chi connectivity index (χ2n) is 6.76. The molecule has 1 aromatic heterocycles. The summed E-state index contributed by atoms with van der Waals surface area (Å²) in [5.41, 5.74) is 0.0303. The number of amides is 2. The molecular weight excluding hydrogens is 370 g/mol. The van der Waals surface area contributed by atoms with Crippen LogP contribution in [0.2, 0.25) is 5.02 Å². The van der Waals surface area contributed by atoms with Crippen molar-refractivity contribution in [3.63, 3.8) is 0 Å². The lowest BCUT2D eigenvalue weighted by atomic mass is 9.81. The molecule has 1 heterocycles. The Morgan fingerprint density at radius 1 is 1.35 bits per heavy atom. The van der Waals surface area contributed by atoms with Gasteiger partial charge in [-0.1, -0.05) is 29.7 Å². The largest absolute Gasteiger partial charge is 0.390 e. The third-order valence-corrected chi connectivity index (χ3v) is 4.98. The number of hydrogen-bond donors (Lipinski definition) is 3. The molecule has 5 nitrogen and oxygen atoms in total. The summed E-state index contributed by atoms with van der Waals surface area (Å²) in [4.78, 5) is 16.4. The summed E-state index contributed by atoms with van der Waals surface area (Å²) in [5.74, 6) is 2.79. The van der Waals surface area contributed by atoms with Gasteiger partial charge in [-0.05, 0) is 44.9 Å². The van der Waals surface area contributed by atoms with Crippen LogP contribution in [0, 0.1) is 12.3 Å². The highest BCUT2D eigenvalue weighted by Crippen LogP contribution is 2.33. The Morgan fingerprint density at radius 3 is 2.58 bits per heavy atom. The molecule has 2 rings (SSSR count). The maximum absolute atomic E-state index is 11.9. The molecule has 2 aromatic rings. The number of rotatable bonds is 6. The van der Waals surface area contributed by atoms with Gasteiger partial charge in [0.05, 0.1) is 16.7 Å². The summed E-state index contributed by atoms with van der Waals surface area (Å²) in [6.07, 6.45) is 6.24. The molecule has 138 valence electrons. The van der Waals surface area contributed by atoms with Crippen LogP contribution in [0.4, 0.5) is 9.93 Å². The molecular formula is C19H22ClN3O2S. The van der Waals surface area contributed by atoms with Gasteiger partial charge in [-0.3, -0.25) is 5.32 Å². The van der Waals surface area contributed by atoms with Crippen molar-refractivity contribution >= 4 is 34.1 Å². The lowest BCUT2D eigenvalue weighted by Crippen LogP contribution is -2.33. The molecule has 1 atom stereocenters. The first kappa shape index (κ1) is 20.2. The Hall–Kier alpha value is -2.07. The van der Waals surface area contributed by atoms with E-state index in [1.807, 2.05) is 24.4 Å². The van der Waals surface area contributed by atoms with Gasteiger partial charge in [0.25, 0.3) is 0 Å². The first-order chi connectivity index (χ1) is 12.1. The van der Waals surface area contributed by atoms with E-state index in [9.17, 15) is 9.90 Å². The van der Waals surface area contributed by atoms with E-state index in [1.165, 1.54) is 11.3 Å². The maximum atomic E-state index is 11.9. The van der Waals surface area contributed by atoms with Crippen LogP contribution in [-0.4, -0.2) is 28.3 Å². The van der Waals surface area contributed by atoms with Crippen LogP contribution in [-0.2, 0) is 5.41 Å². The predicted octanol–water partition coefficient (Wildman–Crippen LogP) is 4.02. The zero-order chi connectivity index (χ0) is 19.4. The molecule has 3 N–H and O–H groups in total. The number of carbonyl (C=O) groups is 1. The minimum atomic E-state index is -0.825. The zero-order valence-corrected chi connectivity index (χ0v) is 16.5. The SMILES string of the molecule is C#CC(C)(c1ccc(Cl)cc1)c1csc(NC(=O)NCCC(C)(C)O)n1. The maximum Gasteiger partial charge on any atom is 0.321 e. The highest BCUT2D eigenvalue weighted by atomic mass is 35.5.